The quantitative estimate of drug-likeness (QED) is 0.839. The lowest BCUT2D eigenvalue weighted by atomic mass is 9.97. The van der Waals surface area contributed by atoms with E-state index in [1.54, 1.807) is 7.11 Å². The fourth-order valence-electron chi connectivity index (χ4n) is 3.19. The van der Waals surface area contributed by atoms with Crippen molar-refractivity contribution in [3.63, 3.8) is 0 Å². The summed E-state index contributed by atoms with van der Waals surface area (Å²) in [5.41, 5.74) is 2.11. The Kier molecular flexibility index (Phi) is 6.42. The third kappa shape index (κ3) is 6.07. The second kappa shape index (κ2) is 8.09. The topological polar surface area (TPSA) is 32.7 Å². The fraction of sp³-hybridized carbons (Fsp3) is 0.684. The number of likely N-dealkylation sites (tertiary alicyclic amines) is 1. The van der Waals surface area contributed by atoms with Gasteiger partial charge in [-0.2, -0.15) is 0 Å². The number of ether oxygens (including phenoxy) is 1. The average molecular weight is 305 g/mol. The number of aryl methyl sites for hydroxylation is 1. The van der Waals surface area contributed by atoms with Gasteiger partial charge >= 0.3 is 0 Å². The van der Waals surface area contributed by atoms with E-state index in [1.165, 1.54) is 30.5 Å². The van der Waals surface area contributed by atoms with Gasteiger partial charge in [0.2, 0.25) is 0 Å². The van der Waals surface area contributed by atoms with Gasteiger partial charge in [0.15, 0.2) is 0 Å². The van der Waals surface area contributed by atoms with Crippen LogP contribution in [0.4, 0.5) is 0 Å². The van der Waals surface area contributed by atoms with Crippen molar-refractivity contribution in [2.75, 3.05) is 26.8 Å². The second-order valence-electron chi connectivity index (χ2n) is 7.33. The third-order valence-electron chi connectivity index (χ3n) is 4.46. The molecule has 1 N–H and O–H groups in total. The molecule has 0 amide bonds. The Morgan fingerprint density at radius 2 is 1.91 bits per heavy atom. The monoisotopic (exact) mass is 305 g/mol. The first-order valence-electron chi connectivity index (χ1n) is 8.48. The normalized spacial score (nSPS) is 20.3. The molecule has 1 fully saturated rings. The molecule has 0 aromatic heterocycles. The Morgan fingerprint density at radius 3 is 2.55 bits per heavy atom. The van der Waals surface area contributed by atoms with Gasteiger partial charge in [0.1, 0.15) is 0 Å². The van der Waals surface area contributed by atoms with Crippen molar-refractivity contribution < 1.29 is 9.84 Å². The van der Waals surface area contributed by atoms with Crippen molar-refractivity contribution in [1.82, 2.24) is 4.90 Å². The predicted molar refractivity (Wildman–Crippen MR) is 90.9 cm³/mol. The summed E-state index contributed by atoms with van der Waals surface area (Å²) in [4.78, 5) is 2.54. The van der Waals surface area contributed by atoms with Gasteiger partial charge in [0.05, 0.1) is 12.2 Å². The zero-order valence-corrected chi connectivity index (χ0v) is 14.3. The van der Waals surface area contributed by atoms with Crippen LogP contribution in [0.25, 0.3) is 0 Å². The van der Waals surface area contributed by atoms with E-state index < -0.39 is 5.60 Å². The van der Waals surface area contributed by atoms with Crippen LogP contribution in [0.15, 0.2) is 24.3 Å². The van der Waals surface area contributed by atoms with E-state index in [4.69, 9.17) is 4.74 Å². The third-order valence-corrected chi connectivity index (χ3v) is 4.46. The molecule has 22 heavy (non-hydrogen) atoms. The lowest BCUT2D eigenvalue weighted by Gasteiger charge is -2.32. The van der Waals surface area contributed by atoms with Gasteiger partial charge in [-0.15, -0.1) is 0 Å². The maximum atomic E-state index is 9.80. The predicted octanol–water partition coefficient (Wildman–Crippen LogP) is 3.25. The van der Waals surface area contributed by atoms with Crippen LogP contribution in [0, 0.1) is 5.92 Å². The van der Waals surface area contributed by atoms with Gasteiger partial charge in [-0.25, -0.2) is 0 Å². The highest BCUT2D eigenvalue weighted by Crippen LogP contribution is 2.19. The summed E-state index contributed by atoms with van der Waals surface area (Å²) in [5.74, 6) is 0.685. The van der Waals surface area contributed by atoms with Crippen molar-refractivity contribution in [2.24, 2.45) is 5.92 Å². The first-order valence-corrected chi connectivity index (χ1v) is 8.48. The SMILES string of the molecule is COCC1CCCN(Cc2ccc(CCC(C)(C)O)cc2)C1. The first-order chi connectivity index (χ1) is 10.5. The molecule has 1 atom stereocenters. The van der Waals surface area contributed by atoms with Crippen LogP contribution >= 0.6 is 0 Å². The van der Waals surface area contributed by atoms with E-state index in [0.717, 1.165) is 32.5 Å². The maximum Gasteiger partial charge on any atom is 0.0594 e. The van der Waals surface area contributed by atoms with Crippen molar-refractivity contribution in [3.05, 3.63) is 35.4 Å². The van der Waals surface area contributed by atoms with Crippen LogP contribution < -0.4 is 0 Å². The molecule has 0 bridgehead atoms. The largest absolute Gasteiger partial charge is 0.390 e. The van der Waals surface area contributed by atoms with Crippen LogP contribution in [0.2, 0.25) is 0 Å². The minimum absolute atomic E-state index is 0.581. The number of rotatable bonds is 7. The van der Waals surface area contributed by atoms with Gasteiger partial charge in [-0.05, 0) is 63.1 Å². The van der Waals surface area contributed by atoms with E-state index in [9.17, 15) is 5.11 Å². The summed E-state index contributed by atoms with van der Waals surface area (Å²) in [6.45, 7) is 8.00. The average Bonchev–Trinajstić information content (AvgIpc) is 2.46. The second-order valence-corrected chi connectivity index (χ2v) is 7.33. The Balaban J connectivity index is 1.83. The number of benzene rings is 1. The van der Waals surface area contributed by atoms with E-state index in [0.29, 0.717) is 5.92 Å². The van der Waals surface area contributed by atoms with E-state index >= 15 is 0 Å². The smallest absolute Gasteiger partial charge is 0.0594 e. The van der Waals surface area contributed by atoms with Crippen LogP contribution in [-0.4, -0.2) is 42.4 Å². The van der Waals surface area contributed by atoms with Crippen LogP contribution in [-0.2, 0) is 17.7 Å². The molecule has 0 saturated carbocycles. The van der Waals surface area contributed by atoms with Crippen LogP contribution in [0.3, 0.4) is 0 Å². The van der Waals surface area contributed by atoms with E-state index in [2.05, 4.69) is 29.2 Å². The van der Waals surface area contributed by atoms with Gasteiger partial charge < -0.3 is 9.84 Å². The van der Waals surface area contributed by atoms with Crippen molar-refractivity contribution in [2.45, 2.75) is 51.7 Å². The molecule has 2 rings (SSSR count). The molecule has 1 aliphatic heterocycles. The zero-order valence-electron chi connectivity index (χ0n) is 14.3. The van der Waals surface area contributed by atoms with Gasteiger partial charge in [-0.3, -0.25) is 4.90 Å². The minimum atomic E-state index is -0.581. The first kappa shape index (κ1) is 17.5. The summed E-state index contributed by atoms with van der Waals surface area (Å²) in [6.07, 6.45) is 4.30. The van der Waals surface area contributed by atoms with Crippen LogP contribution in [0.5, 0.6) is 0 Å². The summed E-state index contributed by atoms with van der Waals surface area (Å²) >= 11 is 0. The number of hydrogen-bond donors (Lipinski definition) is 1. The van der Waals surface area contributed by atoms with Gasteiger partial charge in [-0.1, -0.05) is 24.3 Å². The lowest BCUT2D eigenvalue weighted by molar-refractivity contribution is 0.0714. The number of piperidine rings is 1. The molecule has 3 nitrogen and oxygen atoms in total. The minimum Gasteiger partial charge on any atom is -0.390 e. The molecular formula is C19H31NO2. The molecular weight excluding hydrogens is 274 g/mol. The van der Waals surface area contributed by atoms with Crippen molar-refractivity contribution in [1.29, 1.82) is 0 Å². The number of methoxy groups -OCH3 is 1. The van der Waals surface area contributed by atoms with E-state index in [1.807, 2.05) is 13.8 Å². The van der Waals surface area contributed by atoms with E-state index in [-0.39, 0.29) is 0 Å². The molecule has 0 aliphatic carbocycles. The highest BCUT2D eigenvalue weighted by atomic mass is 16.5. The number of aliphatic hydroxyl groups is 1. The number of nitrogens with zero attached hydrogens (tertiary/aromatic N) is 1. The summed E-state index contributed by atoms with van der Waals surface area (Å²) in [6, 6.07) is 8.88. The molecule has 0 spiro atoms. The van der Waals surface area contributed by atoms with Crippen LogP contribution in [0.1, 0.15) is 44.2 Å². The molecule has 1 heterocycles. The molecule has 1 aliphatic rings. The molecule has 124 valence electrons. The van der Waals surface area contributed by atoms with Crippen molar-refractivity contribution >= 4 is 0 Å². The highest BCUT2D eigenvalue weighted by molar-refractivity contribution is 5.22. The van der Waals surface area contributed by atoms with Gasteiger partial charge in [0, 0.05) is 20.2 Å². The molecule has 3 heteroatoms. The summed E-state index contributed by atoms with van der Waals surface area (Å²) < 4.78 is 5.30. The molecule has 1 unspecified atom stereocenters. The number of hydrogen-bond acceptors (Lipinski definition) is 3. The highest BCUT2D eigenvalue weighted by Gasteiger charge is 2.19. The summed E-state index contributed by atoms with van der Waals surface area (Å²) in [5, 5.41) is 9.80. The zero-order chi connectivity index (χ0) is 16.0. The Bertz CT molecular complexity index is 434. The Morgan fingerprint density at radius 1 is 1.23 bits per heavy atom. The van der Waals surface area contributed by atoms with Gasteiger partial charge in [0.25, 0.3) is 0 Å². The fourth-order valence-corrected chi connectivity index (χ4v) is 3.19. The Labute approximate surface area is 135 Å². The Hall–Kier alpha value is -0.900. The molecule has 0 radical (unpaired) electrons. The van der Waals surface area contributed by atoms with Crippen molar-refractivity contribution in [3.8, 4) is 0 Å². The molecule has 1 aromatic rings. The summed E-state index contributed by atoms with van der Waals surface area (Å²) in [7, 11) is 1.80. The molecule has 1 saturated heterocycles. The maximum absolute atomic E-state index is 9.80. The lowest BCUT2D eigenvalue weighted by Crippen LogP contribution is -2.36. The standard InChI is InChI=1S/C19H31NO2/c1-19(2,21)11-10-16-6-8-17(9-7-16)13-20-12-4-5-18(14-20)15-22-3/h6-9,18,21H,4-5,10-15H2,1-3H3. The molecule has 1 aromatic carbocycles.